The lowest BCUT2D eigenvalue weighted by molar-refractivity contribution is 0.0665. The lowest BCUT2D eigenvalue weighted by atomic mass is 10.1. The van der Waals surface area contributed by atoms with E-state index in [2.05, 4.69) is 0 Å². The lowest BCUT2D eigenvalue weighted by Crippen LogP contribution is -2.42. The molecule has 0 bridgehead atoms. The number of nitrogens with zero attached hydrogens (tertiary/aromatic N) is 1. The molecule has 126 valence electrons. The van der Waals surface area contributed by atoms with Gasteiger partial charge in [0.25, 0.3) is 0 Å². The molecule has 0 radical (unpaired) electrons. The van der Waals surface area contributed by atoms with Gasteiger partial charge >= 0.3 is 5.97 Å². The van der Waals surface area contributed by atoms with Crippen molar-refractivity contribution >= 4 is 26.8 Å². The molecule has 0 unspecified atom stereocenters. The number of carbonyl (C=O) groups is 1. The van der Waals surface area contributed by atoms with Gasteiger partial charge in [-0.15, -0.1) is 0 Å². The van der Waals surface area contributed by atoms with Crippen LogP contribution in [0.15, 0.2) is 28.7 Å². The second-order valence-electron chi connectivity index (χ2n) is 6.49. The van der Waals surface area contributed by atoms with Crippen LogP contribution in [0.4, 0.5) is 0 Å². The molecule has 2 aromatic rings. The summed E-state index contributed by atoms with van der Waals surface area (Å²) < 4.78 is 28.0. The fourth-order valence-corrected chi connectivity index (χ4v) is 2.89. The summed E-state index contributed by atoms with van der Waals surface area (Å²) >= 11 is 0. The zero-order valence-electron chi connectivity index (χ0n) is 13.7. The highest BCUT2D eigenvalue weighted by Gasteiger charge is 2.31. The van der Waals surface area contributed by atoms with E-state index < -0.39 is 20.6 Å². The molecule has 0 spiro atoms. The SMILES string of the molecule is CN(Cc1ccc2oc(C(=O)O)cc2c1)CC(C)(C)S(C)(=O)=O. The fraction of sp³-hybridized carbons (Fsp3) is 0.438. The zero-order valence-corrected chi connectivity index (χ0v) is 14.5. The standard InChI is InChI=1S/C16H21NO5S/c1-16(2,23(4,20)21)10-17(3)9-11-5-6-13-12(7-11)8-14(22-13)15(18)19/h5-8H,9-10H2,1-4H3,(H,18,19). The quantitative estimate of drug-likeness (QED) is 0.869. The predicted molar refractivity (Wildman–Crippen MR) is 88.4 cm³/mol. The highest BCUT2D eigenvalue weighted by Crippen LogP contribution is 2.22. The monoisotopic (exact) mass is 339 g/mol. The van der Waals surface area contributed by atoms with Gasteiger partial charge < -0.3 is 14.4 Å². The Balaban J connectivity index is 2.16. The maximum atomic E-state index is 11.8. The smallest absolute Gasteiger partial charge is 0.371 e. The molecule has 0 aliphatic heterocycles. The first-order chi connectivity index (χ1) is 10.5. The Morgan fingerprint density at radius 2 is 1.96 bits per heavy atom. The summed E-state index contributed by atoms with van der Waals surface area (Å²) in [5, 5.41) is 9.66. The Bertz CT molecular complexity index is 835. The maximum absolute atomic E-state index is 11.8. The number of sulfone groups is 1. The van der Waals surface area contributed by atoms with E-state index in [1.807, 2.05) is 24.1 Å². The molecule has 2 rings (SSSR count). The third-order valence-corrected chi connectivity index (χ3v) is 6.04. The fourth-order valence-electron chi connectivity index (χ4n) is 2.43. The number of furan rings is 1. The van der Waals surface area contributed by atoms with Crippen molar-refractivity contribution in [3.05, 3.63) is 35.6 Å². The van der Waals surface area contributed by atoms with Crippen LogP contribution in [-0.4, -0.2) is 49.0 Å². The number of rotatable bonds is 6. The van der Waals surface area contributed by atoms with Crippen LogP contribution in [0.25, 0.3) is 11.0 Å². The van der Waals surface area contributed by atoms with Gasteiger partial charge in [0.05, 0.1) is 4.75 Å². The van der Waals surface area contributed by atoms with Crippen LogP contribution in [0.1, 0.15) is 30.0 Å². The van der Waals surface area contributed by atoms with Crippen LogP contribution in [-0.2, 0) is 16.4 Å². The molecule has 0 atom stereocenters. The number of aromatic carboxylic acids is 1. The second kappa shape index (κ2) is 5.98. The van der Waals surface area contributed by atoms with Crippen molar-refractivity contribution in [2.75, 3.05) is 19.8 Å². The van der Waals surface area contributed by atoms with Crippen molar-refractivity contribution < 1.29 is 22.7 Å². The van der Waals surface area contributed by atoms with Crippen molar-refractivity contribution in [1.82, 2.24) is 4.90 Å². The molecule has 0 aliphatic rings. The van der Waals surface area contributed by atoms with E-state index in [0.717, 1.165) is 10.9 Å². The third kappa shape index (κ3) is 3.92. The average Bonchev–Trinajstić information content (AvgIpc) is 2.79. The first-order valence-electron chi connectivity index (χ1n) is 7.13. The number of hydrogen-bond donors (Lipinski definition) is 1. The minimum Gasteiger partial charge on any atom is -0.475 e. The van der Waals surface area contributed by atoms with Gasteiger partial charge in [0.2, 0.25) is 5.76 Å². The van der Waals surface area contributed by atoms with Gasteiger partial charge in [-0.1, -0.05) is 6.07 Å². The van der Waals surface area contributed by atoms with Crippen molar-refractivity contribution in [3.63, 3.8) is 0 Å². The summed E-state index contributed by atoms with van der Waals surface area (Å²) in [5.74, 6) is -1.20. The summed E-state index contributed by atoms with van der Waals surface area (Å²) in [5.41, 5.74) is 1.48. The minimum absolute atomic E-state index is 0.0938. The molecule has 1 N–H and O–H groups in total. The summed E-state index contributed by atoms with van der Waals surface area (Å²) in [6.07, 6.45) is 1.24. The Kier molecular flexibility index (Phi) is 4.54. The van der Waals surface area contributed by atoms with Gasteiger partial charge in [0.1, 0.15) is 5.58 Å². The van der Waals surface area contributed by atoms with E-state index >= 15 is 0 Å². The Morgan fingerprint density at radius 3 is 2.52 bits per heavy atom. The van der Waals surface area contributed by atoms with Crippen LogP contribution >= 0.6 is 0 Å². The highest BCUT2D eigenvalue weighted by atomic mass is 32.2. The number of hydrogen-bond acceptors (Lipinski definition) is 5. The number of fused-ring (bicyclic) bond motifs is 1. The first-order valence-corrected chi connectivity index (χ1v) is 9.03. The van der Waals surface area contributed by atoms with Crippen LogP contribution in [0.2, 0.25) is 0 Å². The minimum atomic E-state index is -3.15. The molecule has 1 heterocycles. The number of carboxylic acid groups (broad SMARTS) is 1. The summed E-state index contributed by atoms with van der Waals surface area (Å²) in [7, 11) is -1.30. The lowest BCUT2D eigenvalue weighted by Gasteiger charge is -2.28. The summed E-state index contributed by atoms with van der Waals surface area (Å²) in [4.78, 5) is 12.9. The summed E-state index contributed by atoms with van der Waals surface area (Å²) in [6.45, 7) is 4.37. The number of carboxylic acids is 1. The summed E-state index contributed by atoms with van der Waals surface area (Å²) in [6, 6.07) is 6.92. The molecule has 1 aromatic carbocycles. The van der Waals surface area contributed by atoms with E-state index in [1.54, 1.807) is 19.9 Å². The van der Waals surface area contributed by atoms with Crippen LogP contribution in [0, 0.1) is 0 Å². The topological polar surface area (TPSA) is 87.8 Å². The maximum Gasteiger partial charge on any atom is 0.371 e. The van der Waals surface area contributed by atoms with Gasteiger partial charge in [-0.2, -0.15) is 0 Å². The van der Waals surface area contributed by atoms with Crippen molar-refractivity contribution in [2.24, 2.45) is 0 Å². The third-order valence-electron chi connectivity index (χ3n) is 3.90. The highest BCUT2D eigenvalue weighted by molar-refractivity contribution is 7.92. The average molecular weight is 339 g/mol. The molecule has 7 heteroatoms. The van der Waals surface area contributed by atoms with Gasteiger partial charge in [-0.25, -0.2) is 13.2 Å². The molecule has 0 fully saturated rings. The molecule has 6 nitrogen and oxygen atoms in total. The van der Waals surface area contributed by atoms with Crippen molar-refractivity contribution in [2.45, 2.75) is 25.1 Å². The zero-order chi connectivity index (χ0) is 17.4. The second-order valence-corrected chi connectivity index (χ2v) is 9.14. The largest absolute Gasteiger partial charge is 0.475 e. The van der Waals surface area contributed by atoms with Crippen molar-refractivity contribution in [1.29, 1.82) is 0 Å². The van der Waals surface area contributed by atoms with E-state index in [4.69, 9.17) is 9.52 Å². The Hall–Kier alpha value is -1.86. The number of benzene rings is 1. The molecule has 0 aliphatic carbocycles. The Labute approximate surface area is 135 Å². The van der Waals surface area contributed by atoms with Crippen LogP contribution < -0.4 is 0 Å². The molecule has 0 saturated heterocycles. The van der Waals surface area contributed by atoms with Gasteiger partial charge in [-0.3, -0.25) is 0 Å². The van der Waals surface area contributed by atoms with Gasteiger partial charge in [0.15, 0.2) is 9.84 Å². The van der Waals surface area contributed by atoms with Crippen molar-refractivity contribution in [3.8, 4) is 0 Å². The normalized spacial score (nSPS) is 12.9. The first kappa shape index (κ1) is 17.5. The molecule has 0 saturated carbocycles. The van der Waals surface area contributed by atoms with Crippen LogP contribution in [0.3, 0.4) is 0 Å². The van der Waals surface area contributed by atoms with Gasteiger partial charge in [0, 0.05) is 24.7 Å². The predicted octanol–water partition coefficient (Wildman–Crippen LogP) is 2.39. The van der Waals surface area contributed by atoms with E-state index in [9.17, 15) is 13.2 Å². The molecular formula is C16H21NO5S. The molecular weight excluding hydrogens is 318 g/mol. The van der Waals surface area contributed by atoms with E-state index in [1.165, 1.54) is 12.3 Å². The molecule has 1 aromatic heterocycles. The van der Waals surface area contributed by atoms with E-state index in [-0.39, 0.29) is 5.76 Å². The molecule has 23 heavy (non-hydrogen) atoms. The van der Waals surface area contributed by atoms with Gasteiger partial charge in [-0.05, 0) is 44.7 Å². The van der Waals surface area contributed by atoms with E-state index in [0.29, 0.717) is 18.7 Å². The molecule has 0 amide bonds. The Morgan fingerprint density at radius 1 is 1.30 bits per heavy atom. The van der Waals surface area contributed by atoms with Crippen LogP contribution in [0.5, 0.6) is 0 Å².